The third-order valence-electron chi connectivity index (χ3n) is 3.16. The molecule has 0 saturated heterocycles. The summed E-state index contributed by atoms with van der Waals surface area (Å²) in [6.07, 6.45) is 2.44. The van der Waals surface area contributed by atoms with E-state index in [4.69, 9.17) is 10.2 Å². The fourth-order valence-electron chi connectivity index (χ4n) is 1.91. The Labute approximate surface area is 154 Å². The van der Waals surface area contributed by atoms with Gasteiger partial charge in [0, 0.05) is 25.1 Å². The normalized spacial score (nSPS) is 11.4. The largest absolute Gasteiger partial charge is 0.444 e. The zero-order valence-corrected chi connectivity index (χ0v) is 16.2. The SMILES string of the molecule is Cc1ccc(-c2nc(CCNC(N)=NCC(C)C)co2)cc1.I. The van der Waals surface area contributed by atoms with Gasteiger partial charge < -0.3 is 15.5 Å². The zero-order chi connectivity index (χ0) is 15.9. The van der Waals surface area contributed by atoms with Gasteiger partial charge in [-0.2, -0.15) is 0 Å². The van der Waals surface area contributed by atoms with Gasteiger partial charge in [-0.15, -0.1) is 24.0 Å². The summed E-state index contributed by atoms with van der Waals surface area (Å²) >= 11 is 0. The summed E-state index contributed by atoms with van der Waals surface area (Å²) < 4.78 is 5.53. The summed E-state index contributed by atoms with van der Waals surface area (Å²) in [5.41, 5.74) is 8.90. The molecule has 0 aliphatic rings. The summed E-state index contributed by atoms with van der Waals surface area (Å²) in [6.45, 7) is 7.70. The highest BCUT2D eigenvalue weighted by atomic mass is 127. The summed E-state index contributed by atoms with van der Waals surface area (Å²) in [4.78, 5) is 8.75. The van der Waals surface area contributed by atoms with Crippen LogP contribution in [-0.4, -0.2) is 24.0 Å². The lowest BCUT2D eigenvalue weighted by molar-refractivity contribution is 0.572. The highest BCUT2D eigenvalue weighted by Crippen LogP contribution is 2.19. The number of rotatable bonds is 6. The Bertz CT molecular complexity index is 620. The van der Waals surface area contributed by atoms with Crippen molar-refractivity contribution in [2.45, 2.75) is 27.2 Å². The molecule has 2 aromatic rings. The molecule has 3 N–H and O–H groups in total. The molecule has 0 fully saturated rings. The standard InChI is InChI=1S/C17H24N4O.HI/c1-12(2)10-20-17(18)19-9-8-15-11-22-16(21-15)14-6-4-13(3)5-7-14;/h4-7,11-12H,8-10H2,1-3H3,(H3,18,19,20);1H. The Morgan fingerprint density at radius 1 is 1.30 bits per heavy atom. The number of guanidine groups is 1. The first-order valence-electron chi connectivity index (χ1n) is 7.60. The van der Waals surface area contributed by atoms with Gasteiger partial charge in [-0.25, -0.2) is 4.98 Å². The minimum Gasteiger partial charge on any atom is -0.444 e. The van der Waals surface area contributed by atoms with Crippen LogP contribution in [0.5, 0.6) is 0 Å². The van der Waals surface area contributed by atoms with Crippen molar-refractivity contribution in [3.05, 3.63) is 41.8 Å². The first kappa shape index (κ1) is 19.5. The number of hydrogen-bond donors (Lipinski definition) is 2. The van der Waals surface area contributed by atoms with E-state index in [1.54, 1.807) is 6.26 Å². The molecular weight excluding hydrogens is 403 g/mol. The van der Waals surface area contributed by atoms with Crippen molar-refractivity contribution < 1.29 is 4.42 Å². The van der Waals surface area contributed by atoms with Crippen LogP contribution in [0.15, 0.2) is 39.9 Å². The second-order valence-corrected chi connectivity index (χ2v) is 5.81. The average molecular weight is 428 g/mol. The number of nitrogens with zero attached hydrogens (tertiary/aromatic N) is 2. The molecule has 0 radical (unpaired) electrons. The van der Waals surface area contributed by atoms with Crippen molar-refractivity contribution in [3.8, 4) is 11.5 Å². The highest BCUT2D eigenvalue weighted by Gasteiger charge is 2.06. The maximum Gasteiger partial charge on any atom is 0.226 e. The number of nitrogens with one attached hydrogen (secondary N) is 1. The van der Waals surface area contributed by atoms with Gasteiger partial charge in [0.1, 0.15) is 6.26 Å². The Balaban J connectivity index is 0.00000264. The van der Waals surface area contributed by atoms with E-state index < -0.39 is 0 Å². The van der Waals surface area contributed by atoms with Crippen LogP contribution in [0.3, 0.4) is 0 Å². The molecular formula is C17H25IN4O. The summed E-state index contributed by atoms with van der Waals surface area (Å²) in [7, 11) is 0. The molecule has 1 heterocycles. The van der Waals surface area contributed by atoms with Gasteiger partial charge >= 0.3 is 0 Å². The van der Waals surface area contributed by atoms with Gasteiger partial charge in [-0.3, -0.25) is 4.99 Å². The smallest absolute Gasteiger partial charge is 0.226 e. The van der Waals surface area contributed by atoms with Crippen LogP contribution in [-0.2, 0) is 6.42 Å². The maximum absolute atomic E-state index is 5.79. The molecule has 0 saturated carbocycles. The molecule has 0 atom stereocenters. The van der Waals surface area contributed by atoms with E-state index >= 15 is 0 Å². The van der Waals surface area contributed by atoms with Crippen LogP contribution in [0.25, 0.3) is 11.5 Å². The van der Waals surface area contributed by atoms with Crippen molar-refractivity contribution >= 4 is 29.9 Å². The fraction of sp³-hybridized carbons (Fsp3) is 0.412. The molecule has 1 aromatic heterocycles. The van der Waals surface area contributed by atoms with Gasteiger partial charge in [0.2, 0.25) is 5.89 Å². The molecule has 126 valence electrons. The first-order chi connectivity index (χ1) is 10.5. The lowest BCUT2D eigenvalue weighted by atomic mass is 10.1. The lowest BCUT2D eigenvalue weighted by Gasteiger charge is -2.05. The van der Waals surface area contributed by atoms with E-state index in [1.165, 1.54) is 5.56 Å². The minimum atomic E-state index is 0. The van der Waals surface area contributed by atoms with Crippen LogP contribution in [0.2, 0.25) is 0 Å². The molecule has 0 spiro atoms. The third-order valence-corrected chi connectivity index (χ3v) is 3.16. The quantitative estimate of drug-likeness (QED) is 0.420. The number of oxazole rings is 1. The van der Waals surface area contributed by atoms with E-state index in [0.29, 0.717) is 24.3 Å². The van der Waals surface area contributed by atoms with Crippen molar-refractivity contribution in [2.75, 3.05) is 13.1 Å². The molecule has 2 rings (SSSR count). The molecule has 6 heteroatoms. The minimum absolute atomic E-state index is 0. The number of aromatic nitrogens is 1. The Morgan fingerprint density at radius 2 is 2.00 bits per heavy atom. The average Bonchev–Trinajstić information content (AvgIpc) is 2.95. The van der Waals surface area contributed by atoms with Crippen LogP contribution in [0.4, 0.5) is 0 Å². The lowest BCUT2D eigenvalue weighted by Crippen LogP contribution is -2.33. The fourth-order valence-corrected chi connectivity index (χ4v) is 1.91. The van der Waals surface area contributed by atoms with Gasteiger partial charge in [0.05, 0.1) is 5.69 Å². The first-order valence-corrected chi connectivity index (χ1v) is 7.60. The molecule has 0 aliphatic carbocycles. The number of benzene rings is 1. The number of nitrogens with two attached hydrogens (primary N) is 1. The number of aliphatic imine (C=N–C) groups is 1. The van der Waals surface area contributed by atoms with Gasteiger partial charge in [0.25, 0.3) is 0 Å². The topological polar surface area (TPSA) is 76.4 Å². The van der Waals surface area contributed by atoms with Crippen molar-refractivity contribution in [3.63, 3.8) is 0 Å². The number of aryl methyl sites for hydroxylation is 1. The van der Waals surface area contributed by atoms with E-state index in [2.05, 4.69) is 36.1 Å². The second-order valence-electron chi connectivity index (χ2n) is 5.81. The van der Waals surface area contributed by atoms with Crippen LogP contribution in [0.1, 0.15) is 25.1 Å². The van der Waals surface area contributed by atoms with Crippen molar-refractivity contribution in [2.24, 2.45) is 16.6 Å². The van der Waals surface area contributed by atoms with Crippen LogP contribution >= 0.6 is 24.0 Å². The van der Waals surface area contributed by atoms with Crippen LogP contribution < -0.4 is 11.1 Å². The van der Waals surface area contributed by atoms with Crippen LogP contribution in [0, 0.1) is 12.8 Å². The molecule has 23 heavy (non-hydrogen) atoms. The molecule has 1 aromatic carbocycles. The third kappa shape index (κ3) is 6.60. The van der Waals surface area contributed by atoms with E-state index in [1.807, 2.05) is 24.3 Å². The molecule has 0 unspecified atom stereocenters. The molecule has 0 aliphatic heterocycles. The van der Waals surface area contributed by atoms with Gasteiger partial charge in [0.15, 0.2) is 5.96 Å². The Kier molecular flexibility index (Phi) is 8.08. The predicted octanol–water partition coefficient (Wildman–Crippen LogP) is 3.37. The molecule has 0 amide bonds. The van der Waals surface area contributed by atoms with E-state index in [9.17, 15) is 0 Å². The molecule has 5 nitrogen and oxygen atoms in total. The summed E-state index contributed by atoms with van der Waals surface area (Å²) in [6, 6.07) is 8.12. The van der Waals surface area contributed by atoms with E-state index in [-0.39, 0.29) is 24.0 Å². The summed E-state index contributed by atoms with van der Waals surface area (Å²) in [5.74, 6) is 1.64. The van der Waals surface area contributed by atoms with E-state index in [0.717, 1.165) is 24.2 Å². The Morgan fingerprint density at radius 3 is 2.65 bits per heavy atom. The second kappa shape index (κ2) is 9.54. The van der Waals surface area contributed by atoms with Crippen molar-refractivity contribution in [1.29, 1.82) is 0 Å². The predicted molar refractivity (Wildman–Crippen MR) is 105 cm³/mol. The monoisotopic (exact) mass is 428 g/mol. The highest BCUT2D eigenvalue weighted by molar-refractivity contribution is 14.0. The Hall–Kier alpha value is -1.57. The molecule has 0 bridgehead atoms. The zero-order valence-electron chi connectivity index (χ0n) is 13.9. The maximum atomic E-state index is 5.79. The number of halogens is 1. The van der Waals surface area contributed by atoms with Crippen molar-refractivity contribution in [1.82, 2.24) is 10.3 Å². The number of hydrogen-bond acceptors (Lipinski definition) is 3. The van der Waals surface area contributed by atoms with Gasteiger partial charge in [-0.05, 0) is 25.0 Å². The van der Waals surface area contributed by atoms with Gasteiger partial charge in [-0.1, -0.05) is 31.5 Å². The summed E-state index contributed by atoms with van der Waals surface area (Å²) in [5, 5.41) is 3.09.